The van der Waals surface area contributed by atoms with E-state index in [0.29, 0.717) is 0 Å². The summed E-state index contributed by atoms with van der Waals surface area (Å²) in [5.41, 5.74) is 0.844. The molecule has 0 unspecified atom stereocenters. The highest BCUT2D eigenvalue weighted by atomic mass is 16.2. The number of rotatable bonds is 4. The Hall–Kier alpha value is -1.58. The van der Waals surface area contributed by atoms with E-state index < -0.39 is 0 Å². The first-order valence-electron chi connectivity index (χ1n) is 5.24. The predicted molar refractivity (Wildman–Crippen MR) is 68.2 cm³/mol. The summed E-state index contributed by atoms with van der Waals surface area (Å²) in [4.78, 5) is 18.8. The van der Waals surface area contributed by atoms with Gasteiger partial charge in [0.05, 0.1) is 0 Å². The van der Waals surface area contributed by atoms with Crippen LogP contribution in [-0.2, 0) is 0 Å². The third-order valence-corrected chi connectivity index (χ3v) is 2.16. The van der Waals surface area contributed by atoms with Gasteiger partial charge in [-0.25, -0.2) is 4.79 Å². The number of allylic oxidation sites excluding steroid dienone is 2. The molecule has 0 aliphatic rings. The van der Waals surface area contributed by atoms with Crippen LogP contribution >= 0.6 is 0 Å². The second-order valence-electron chi connectivity index (χ2n) is 3.83. The number of hydrogen-bond acceptors (Lipinski definition) is 2. The van der Waals surface area contributed by atoms with E-state index >= 15 is 0 Å². The van der Waals surface area contributed by atoms with E-state index in [0.717, 1.165) is 5.70 Å². The second-order valence-corrected chi connectivity index (χ2v) is 3.83. The van der Waals surface area contributed by atoms with Crippen LogP contribution in [0.2, 0.25) is 0 Å². The van der Waals surface area contributed by atoms with Gasteiger partial charge < -0.3 is 4.90 Å². The van der Waals surface area contributed by atoms with Gasteiger partial charge in [-0.3, -0.25) is 9.89 Å². The fraction of sp³-hybridized carbons (Fsp3) is 0.500. The van der Waals surface area contributed by atoms with Crippen LogP contribution in [0.3, 0.4) is 0 Å². The molecule has 0 aliphatic heterocycles. The molecule has 0 fully saturated rings. The highest BCUT2D eigenvalue weighted by Crippen LogP contribution is 2.15. The zero-order chi connectivity index (χ0) is 12.7. The summed E-state index contributed by atoms with van der Waals surface area (Å²) in [6.07, 6.45) is 5.15. The van der Waals surface area contributed by atoms with Gasteiger partial charge in [-0.15, -0.1) is 0 Å². The number of aliphatic imine (C=N–C) groups is 1. The highest BCUT2D eigenvalue weighted by Gasteiger charge is 2.18. The molecule has 0 radical (unpaired) electrons. The van der Waals surface area contributed by atoms with Gasteiger partial charge in [-0.05, 0) is 19.6 Å². The molecule has 4 nitrogen and oxygen atoms in total. The lowest BCUT2D eigenvalue weighted by Gasteiger charge is -2.26. The van der Waals surface area contributed by atoms with E-state index in [1.54, 1.807) is 31.4 Å². The van der Waals surface area contributed by atoms with E-state index in [9.17, 15) is 4.79 Å². The zero-order valence-electron chi connectivity index (χ0n) is 10.8. The Balaban J connectivity index is 4.88. The topological polar surface area (TPSA) is 35.9 Å². The summed E-state index contributed by atoms with van der Waals surface area (Å²) in [7, 11) is 3.46. The number of carbonyl (C=O) groups excluding carboxylic acids is 1. The molecule has 0 aliphatic carbocycles. The van der Waals surface area contributed by atoms with Gasteiger partial charge in [0.2, 0.25) is 0 Å². The molecule has 0 N–H and O–H groups in total. The quantitative estimate of drug-likeness (QED) is 0.675. The first-order chi connectivity index (χ1) is 7.45. The van der Waals surface area contributed by atoms with Gasteiger partial charge in [-0.1, -0.05) is 19.9 Å². The molecule has 0 aromatic heterocycles. The smallest absolute Gasteiger partial charge is 0.304 e. The predicted octanol–water partition coefficient (Wildman–Crippen LogP) is 2.70. The molecule has 0 aromatic carbocycles. The summed E-state index contributed by atoms with van der Waals surface area (Å²) in [5, 5.41) is 0. The Morgan fingerprint density at radius 1 is 1.38 bits per heavy atom. The van der Waals surface area contributed by atoms with Gasteiger partial charge >= 0.3 is 6.03 Å². The number of nitrogens with zero attached hydrogens (tertiary/aromatic N) is 3. The number of urea groups is 1. The van der Waals surface area contributed by atoms with Crippen molar-refractivity contribution in [3.8, 4) is 0 Å². The van der Waals surface area contributed by atoms with Crippen molar-refractivity contribution >= 4 is 12.7 Å². The molecule has 0 rings (SSSR count). The fourth-order valence-corrected chi connectivity index (χ4v) is 1.35. The molecule has 0 bridgehead atoms. The van der Waals surface area contributed by atoms with Crippen LogP contribution in [0.5, 0.6) is 0 Å². The largest absolute Gasteiger partial charge is 0.327 e. The van der Waals surface area contributed by atoms with Crippen LogP contribution in [0.4, 0.5) is 4.79 Å². The number of hydrogen-bond donors (Lipinski definition) is 0. The molecule has 2 amide bonds. The number of carbonyl (C=O) groups is 1. The van der Waals surface area contributed by atoms with Gasteiger partial charge in [0.15, 0.2) is 0 Å². The van der Waals surface area contributed by atoms with E-state index in [-0.39, 0.29) is 11.9 Å². The van der Waals surface area contributed by atoms with Crippen molar-refractivity contribution < 1.29 is 4.79 Å². The van der Waals surface area contributed by atoms with Crippen molar-refractivity contribution in [1.82, 2.24) is 9.80 Å². The Morgan fingerprint density at radius 2 is 1.94 bits per heavy atom. The molecule has 4 heteroatoms. The Kier molecular flexibility index (Phi) is 6.15. The molecule has 0 saturated heterocycles. The van der Waals surface area contributed by atoms with Gasteiger partial charge in [-0.2, -0.15) is 0 Å². The molecule has 0 aromatic rings. The summed E-state index contributed by atoms with van der Waals surface area (Å²) in [6.45, 7) is 9.30. The lowest BCUT2D eigenvalue weighted by atomic mass is 10.1. The van der Waals surface area contributed by atoms with E-state index in [4.69, 9.17) is 0 Å². The lowest BCUT2D eigenvalue weighted by molar-refractivity contribution is 0.194. The van der Waals surface area contributed by atoms with Gasteiger partial charge in [0, 0.05) is 32.2 Å². The minimum absolute atomic E-state index is 0.0956. The van der Waals surface area contributed by atoms with Crippen LogP contribution in [0.15, 0.2) is 29.2 Å². The average molecular weight is 223 g/mol. The zero-order valence-corrected chi connectivity index (χ0v) is 10.8. The molecular formula is C12H21N3O. The number of amides is 2. The van der Waals surface area contributed by atoms with Crippen molar-refractivity contribution in [1.29, 1.82) is 0 Å². The summed E-state index contributed by atoms with van der Waals surface area (Å²) in [5.74, 6) is 0.221. The van der Waals surface area contributed by atoms with Crippen molar-refractivity contribution in [2.75, 3.05) is 14.1 Å². The maximum atomic E-state index is 12.0. The molecular weight excluding hydrogens is 202 g/mol. The average Bonchev–Trinajstić information content (AvgIpc) is 2.23. The summed E-state index contributed by atoms with van der Waals surface area (Å²) in [6, 6.07) is -0.0956. The van der Waals surface area contributed by atoms with Crippen LogP contribution in [0.25, 0.3) is 0 Å². The van der Waals surface area contributed by atoms with Gasteiger partial charge in [0.25, 0.3) is 0 Å². The summed E-state index contributed by atoms with van der Waals surface area (Å²) < 4.78 is 0. The first kappa shape index (κ1) is 14.4. The fourth-order valence-electron chi connectivity index (χ4n) is 1.35. The molecule has 0 spiro atoms. The van der Waals surface area contributed by atoms with Crippen molar-refractivity contribution in [2.45, 2.75) is 20.8 Å². The Bertz CT molecular complexity index is 305. The van der Waals surface area contributed by atoms with Crippen LogP contribution in [-0.4, -0.2) is 36.6 Å². The molecule has 0 atom stereocenters. The van der Waals surface area contributed by atoms with E-state index in [1.165, 1.54) is 4.90 Å². The Morgan fingerprint density at radius 3 is 2.31 bits per heavy atom. The van der Waals surface area contributed by atoms with Crippen molar-refractivity contribution in [3.63, 3.8) is 0 Å². The van der Waals surface area contributed by atoms with Crippen LogP contribution < -0.4 is 0 Å². The second kappa shape index (κ2) is 6.82. The van der Waals surface area contributed by atoms with Crippen LogP contribution in [0, 0.1) is 5.92 Å². The maximum Gasteiger partial charge on any atom is 0.327 e. The highest BCUT2D eigenvalue weighted by molar-refractivity contribution is 5.76. The minimum Gasteiger partial charge on any atom is -0.304 e. The molecule has 16 heavy (non-hydrogen) atoms. The molecule has 90 valence electrons. The molecule has 0 saturated carbocycles. The standard InChI is InChI=1S/C12H21N3O/c1-7-8-14(5)12(16)15(6)11(9-13-4)10(2)3/h7-10H,4H2,1-3,5-6H3/b8-7-,11-9-. The third kappa shape index (κ3) is 3.88. The maximum absolute atomic E-state index is 12.0. The van der Waals surface area contributed by atoms with Crippen LogP contribution in [0.1, 0.15) is 20.8 Å². The summed E-state index contributed by atoms with van der Waals surface area (Å²) >= 11 is 0. The lowest BCUT2D eigenvalue weighted by Crippen LogP contribution is -2.36. The monoisotopic (exact) mass is 223 g/mol. The normalized spacial score (nSPS) is 12.0. The van der Waals surface area contributed by atoms with Gasteiger partial charge in [0.1, 0.15) is 0 Å². The van der Waals surface area contributed by atoms with E-state index in [2.05, 4.69) is 11.7 Å². The van der Waals surface area contributed by atoms with Crippen molar-refractivity contribution in [2.24, 2.45) is 10.9 Å². The third-order valence-electron chi connectivity index (χ3n) is 2.16. The van der Waals surface area contributed by atoms with E-state index in [1.807, 2.05) is 26.8 Å². The first-order valence-corrected chi connectivity index (χ1v) is 5.24. The Labute approximate surface area is 98.0 Å². The molecule has 0 heterocycles. The van der Waals surface area contributed by atoms with Crippen molar-refractivity contribution in [3.05, 3.63) is 24.2 Å². The SMILES string of the molecule is C=N/C=C(/C(C)C)N(C)C(=O)N(C)/C=C\C. The minimum atomic E-state index is -0.0956.